The SMILES string of the molecule is CCCCSC1=C(SCCCC)SC(=C2SC(I)=C(C#Cc3sc(C#CC4=C(C#Cc5sc(C#CC6=C(I)SC(=C7SC(SCCCC)=C(SCCCC)S7)S6)c(CCCC)c5CCCC)SC(=C5SC(SCCCC)=C(SCCCC)S5)S4)c(CCCC)c3CCCC)S2)S1. The van der Waals surface area contributed by atoms with E-state index < -0.39 is 0 Å². The van der Waals surface area contributed by atoms with Crippen molar-refractivity contribution in [3.8, 4) is 47.4 Å². The second-order valence-corrected chi connectivity index (χ2v) is 50.2. The lowest BCUT2D eigenvalue weighted by atomic mass is 9.98. The first-order valence-electron chi connectivity index (χ1n) is 34.3. The average molecular weight is 1870 g/mol. The summed E-state index contributed by atoms with van der Waals surface area (Å²) in [6.45, 7) is 23.1. The van der Waals surface area contributed by atoms with Gasteiger partial charge in [-0.2, -0.15) is 0 Å². The Morgan fingerprint density at radius 1 is 0.240 bits per heavy atom. The molecule has 0 nitrogen and oxygen atoms in total. The molecule has 6 aliphatic rings. The molecule has 8 rings (SSSR count). The van der Waals surface area contributed by atoms with Crippen molar-refractivity contribution in [1.82, 2.24) is 0 Å². The Morgan fingerprint density at radius 3 is 0.667 bits per heavy atom. The molecule has 0 bridgehead atoms. The number of hydrogen-bond donors (Lipinski definition) is 0. The van der Waals surface area contributed by atoms with Crippen molar-refractivity contribution in [3.05, 3.63) is 118 Å². The van der Waals surface area contributed by atoms with E-state index in [9.17, 15) is 0 Å². The van der Waals surface area contributed by atoms with Crippen LogP contribution in [0.2, 0.25) is 0 Å². The Bertz CT molecular complexity index is 3310. The van der Waals surface area contributed by atoms with Gasteiger partial charge < -0.3 is 0 Å². The first-order valence-corrected chi connectivity index (χ1v) is 53.8. The van der Waals surface area contributed by atoms with Crippen LogP contribution in [0.1, 0.15) is 239 Å². The Hall–Kier alpha value is 3.06. The summed E-state index contributed by atoms with van der Waals surface area (Å²) in [5, 5.41) is 0. The fraction of sp³-hybridized carbons (Fsp3) is 0.541. The normalized spacial score (nSPS) is 16.6. The molecule has 520 valence electrons. The van der Waals surface area contributed by atoms with Crippen LogP contribution in [0.5, 0.6) is 0 Å². The van der Waals surface area contributed by atoms with Gasteiger partial charge in [-0.25, -0.2) is 0 Å². The molecule has 8 heterocycles. The molecule has 0 atom stereocenters. The van der Waals surface area contributed by atoms with E-state index in [0.717, 1.165) is 98.4 Å². The van der Waals surface area contributed by atoms with Crippen molar-refractivity contribution in [2.75, 3.05) is 34.5 Å². The molecule has 0 N–H and O–H groups in total. The summed E-state index contributed by atoms with van der Waals surface area (Å²) in [4.78, 5) is 9.36. The van der Waals surface area contributed by atoms with E-state index in [2.05, 4.69) is 232 Å². The fourth-order valence-corrected chi connectivity index (χ4v) is 40.4. The van der Waals surface area contributed by atoms with E-state index in [1.165, 1.54) is 208 Å². The van der Waals surface area contributed by atoms with Gasteiger partial charge in [-0.1, -0.05) is 298 Å². The van der Waals surface area contributed by atoms with Crippen LogP contribution < -0.4 is 0 Å². The summed E-state index contributed by atoms with van der Waals surface area (Å²) in [5.41, 5.74) is 5.73. The number of allylic oxidation sites excluding steroid dienone is 4. The van der Waals surface area contributed by atoms with Crippen molar-refractivity contribution in [2.45, 2.75) is 223 Å². The molecule has 0 amide bonds. The number of halogens is 2. The molecule has 0 unspecified atom stereocenters. The van der Waals surface area contributed by atoms with Crippen LogP contribution in [0.3, 0.4) is 0 Å². The van der Waals surface area contributed by atoms with Crippen molar-refractivity contribution in [1.29, 1.82) is 0 Å². The molecule has 0 spiro atoms. The van der Waals surface area contributed by atoms with Gasteiger partial charge in [-0.3, -0.25) is 0 Å². The largest absolute Gasteiger partial charge is 0.117 e. The Balaban J connectivity index is 1.16. The zero-order valence-electron chi connectivity index (χ0n) is 57.1. The van der Waals surface area contributed by atoms with Gasteiger partial charge in [0.25, 0.3) is 0 Å². The molecular formula is C74H90I2S20. The van der Waals surface area contributed by atoms with Gasteiger partial charge in [-0.05, 0) is 216 Å². The van der Waals surface area contributed by atoms with Gasteiger partial charge in [0.2, 0.25) is 0 Å². The molecular weight excluding hydrogens is 1780 g/mol. The fourth-order valence-electron chi connectivity index (χ4n) is 9.21. The van der Waals surface area contributed by atoms with Crippen LogP contribution in [-0.4, -0.2) is 34.5 Å². The topological polar surface area (TPSA) is 0 Å². The van der Waals surface area contributed by atoms with Crippen molar-refractivity contribution in [2.24, 2.45) is 0 Å². The Morgan fingerprint density at radius 2 is 0.438 bits per heavy atom. The molecule has 0 radical (unpaired) electrons. The maximum absolute atomic E-state index is 3.93. The Labute approximate surface area is 692 Å². The van der Waals surface area contributed by atoms with E-state index >= 15 is 0 Å². The van der Waals surface area contributed by atoms with Crippen molar-refractivity contribution in [3.63, 3.8) is 0 Å². The van der Waals surface area contributed by atoms with Crippen LogP contribution in [0.15, 0.2) is 76.3 Å². The van der Waals surface area contributed by atoms with Crippen molar-refractivity contribution >= 4 is 280 Å². The molecule has 0 aliphatic carbocycles. The van der Waals surface area contributed by atoms with Gasteiger partial charge in [0.15, 0.2) is 0 Å². The molecule has 2 aromatic rings. The maximum atomic E-state index is 3.93. The van der Waals surface area contributed by atoms with Gasteiger partial charge >= 0.3 is 0 Å². The standard InChI is InChI=1S/C74H90I2S20/c1-11-21-31-49-51(33-23-13-3)55(37-41-59-61(75)89-70(87-59)73-93-65(79-45-27-17-7)66(94-73)80-46-28-18-8)83-53(49)35-39-57-58(86-69(85-57)72-91-63(77-43-25-15-5)64(92-72)78-44-26-16-6)40-36-54-50(32-22-12-2)52(34-24-14-4)56(84-54)38-42-60-62(76)90-71(88-60)74-95-67(81-47-29-19-9)68(96-74)82-48-30-20-10/h11-34,43-48H2,1-10H3. The predicted octanol–water partition coefficient (Wildman–Crippen LogP) is 32.5. The van der Waals surface area contributed by atoms with Crippen LogP contribution in [0, 0.1) is 47.4 Å². The van der Waals surface area contributed by atoms with Crippen LogP contribution in [-0.2, 0) is 25.7 Å². The molecule has 0 aromatic carbocycles. The van der Waals surface area contributed by atoms with Crippen LogP contribution >= 0.6 is 280 Å². The highest BCUT2D eigenvalue weighted by Gasteiger charge is 2.34. The highest BCUT2D eigenvalue weighted by Crippen LogP contribution is 2.67. The second-order valence-electron chi connectivity index (χ2n) is 22.6. The van der Waals surface area contributed by atoms with E-state index in [0.29, 0.717) is 0 Å². The molecule has 6 aliphatic heterocycles. The monoisotopic (exact) mass is 1870 g/mol. The van der Waals surface area contributed by atoms with E-state index in [-0.39, 0.29) is 0 Å². The van der Waals surface area contributed by atoms with Crippen molar-refractivity contribution < 1.29 is 0 Å². The smallest absolute Gasteiger partial charge is 0.0856 e. The van der Waals surface area contributed by atoms with Gasteiger partial charge in [-0.15, -0.1) is 93.2 Å². The number of hydrogen-bond acceptors (Lipinski definition) is 20. The second kappa shape index (κ2) is 47.8. The molecule has 2 aromatic heterocycles. The number of thiophene rings is 2. The number of rotatable bonds is 36. The predicted molar refractivity (Wildman–Crippen MR) is 497 cm³/mol. The molecule has 0 fully saturated rings. The van der Waals surface area contributed by atoms with Crippen LogP contribution in [0.4, 0.5) is 0 Å². The highest BCUT2D eigenvalue weighted by atomic mass is 127. The lowest BCUT2D eigenvalue weighted by molar-refractivity contribution is 0.760. The lowest BCUT2D eigenvalue weighted by Gasteiger charge is -2.05. The summed E-state index contributed by atoms with van der Waals surface area (Å²) in [5.74, 6) is 38.1. The summed E-state index contributed by atoms with van der Waals surface area (Å²) in [7, 11) is 0. The zero-order valence-corrected chi connectivity index (χ0v) is 77.8. The summed E-state index contributed by atoms with van der Waals surface area (Å²) in [6, 6.07) is 0. The molecule has 0 saturated carbocycles. The number of thioether (sulfide) groups is 18. The highest BCUT2D eigenvalue weighted by molar-refractivity contribution is 14.1. The minimum absolute atomic E-state index is 1.03. The minimum atomic E-state index is 1.03. The first-order chi connectivity index (χ1) is 47.0. The Kier molecular flexibility index (Phi) is 42.1. The quantitative estimate of drug-likeness (QED) is 0.0361. The molecule has 96 heavy (non-hydrogen) atoms. The maximum Gasteiger partial charge on any atom is 0.0856 e. The summed E-state index contributed by atoms with van der Waals surface area (Å²) >= 11 is 44.7. The zero-order chi connectivity index (χ0) is 68.0. The van der Waals surface area contributed by atoms with Gasteiger partial charge in [0.1, 0.15) is 0 Å². The summed E-state index contributed by atoms with van der Waals surface area (Å²) in [6.07, 6.45) is 28.2. The first kappa shape index (κ1) is 84.7. The molecule has 22 heteroatoms. The number of unbranched alkanes of at least 4 members (excludes halogenated alkanes) is 10. The van der Waals surface area contributed by atoms with E-state index in [1.54, 1.807) is 0 Å². The third-order valence-corrected chi connectivity index (χ3v) is 45.7. The molecule has 0 saturated heterocycles. The lowest BCUT2D eigenvalue weighted by Crippen LogP contribution is -1.95. The minimum Gasteiger partial charge on any atom is -0.117 e. The van der Waals surface area contributed by atoms with E-state index in [1.807, 2.05) is 164 Å². The average Bonchev–Trinajstić information content (AvgIpc) is 1.74. The van der Waals surface area contributed by atoms with Gasteiger partial charge in [0, 0.05) is 0 Å². The third-order valence-electron chi connectivity index (χ3n) is 14.7. The van der Waals surface area contributed by atoms with E-state index in [4.69, 9.17) is 0 Å². The third kappa shape index (κ3) is 26.2. The van der Waals surface area contributed by atoms with Gasteiger partial charge in [0.05, 0.1) is 95.8 Å². The van der Waals surface area contributed by atoms with Crippen LogP contribution in [0.25, 0.3) is 0 Å². The summed E-state index contributed by atoms with van der Waals surface area (Å²) < 4.78 is 20.0.